The summed E-state index contributed by atoms with van der Waals surface area (Å²) in [5.74, 6) is -0.0674. The molecule has 22 heavy (non-hydrogen) atoms. The SMILES string of the molecule is Cc1c(C2CCOCC2)noc1NC(=O)c1cc(=O)n(C)o1. The van der Waals surface area contributed by atoms with E-state index in [0.29, 0.717) is 13.2 Å². The Bertz CT molecular complexity index is 736. The zero-order valence-electron chi connectivity index (χ0n) is 12.4. The fraction of sp³-hybridized carbons (Fsp3) is 0.500. The van der Waals surface area contributed by atoms with Crippen LogP contribution in [0, 0.1) is 6.92 Å². The minimum absolute atomic E-state index is 0.0732. The molecule has 8 nitrogen and oxygen atoms in total. The van der Waals surface area contributed by atoms with Crippen LogP contribution in [0.4, 0.5) is 5.88 Å². The van der Waals surface area contributed by atoms with Crippen LogP contribution in [-0.4, -0.2) is 29.0 Å². The van der Waals surface area contributed by atoms with Crippen LogP contribution in [0.1, 0.15) is 40.6 Å². The molecule has 0 radical (unpaired) electrons. The number of anilines is 1. The highest BCUT2D eigenvalue weighted by molar-refractivity contribution is 6.01. The summed E-state index contributed by atoms with van der Waals surface area (Å²) in [6.45, 7) is 3.25. The van der Waals surface area contributed by atoms with Crippen molar-refractivity contribution in [2.45, 2.75) is 25.7 Å². The van der Waals surface area contributed by atoms with Crippen molar-refractivity contribution in [3.63, 3.8) is 0 Å². The van der Waals surface area contributed by atoms with Gasteiger partial charge in [-0.25, -0.2) is 0 Å². The number of aromatic nitrogens is 2. The monoisotopic (exact) mass is 307 g/mol. The maximum Gasteiger partial charge on any atom is 0.296 e. The molecule has 118 valence electrons. The van der Waals surface area contributed by atoms with E-state index in [1.54, 1.807) is 0 Å². The average molecular weight is 307 g/mol. The zero-order valence-corrected chi connectivity index (χ0v) is 12.4. The molecule has 3 rings (SSSR count). The van der Waals surface area contributed by atoms with E-state index in [9.17, 15) is 9.59 Å². The van der Waals surface area contributed by atoms with Gasteiger partial charge in [-0.1, -0.05) is 5.16 Å². The van der Waals surface area contributed by atoms with E-state index < -0.39 is 5.91 Å². The Kier molecular flexibility index (Phi) is 3.84. The first kappa shape index (κ1) is 14.6. The molecule has 8 heteroatoms. The van der Waals surface area contributed by atoms with E-state index in [-0.39, 0.29) is 23.1 Å². The van der Waals surface area contributed by atoms with Crippen molar-refractivity contribution in [1.29, 1.82) is 0 Å². The summed E-state index contributed by atoms with van der Waals surface area (Å²) >= 11 is 0. The molecule has 3 heterocycles. The Morgan fingerprint density at radius 2 is 2.14 bits per heavy atom. The van der Waals surface area contributed by atoms with Gasteiger partial charge in [0.15, 0.2) is 0 Å². The van der Waals surface area contributed by atoms with Crippen molar-refractivity contribution >= 4 is 11.8 Å². The van der Waals surface area contributed by atoms with Gasteiger partial charge in [-0.15, -0.1) is 0 Å². The Balaban J connectivity index is 1.76. The van der Waals surface area contributed by atoms with Gasteiger partial charge in [0.25, 0.3) is 11.5 Å². The molecule has 0 unspecified atom stereocenters. The van der Waals surface area contributed by atoms with Crippen LogP contribution in [0.3, 0.4) is 0 Å². The molecule has 0 bridgehead atoms. The smallest absolute Gasteiger partial charge is 0.296 e. The van der Waals surface area contributed by atoms with Gasteiger partial charge in [0.2, 0.25) is 11.6 Å². The lowest BCUT2D eigenvalue weighted by Crippen LogP contribution is -2.15. The van der Waals surface area contributed by atoms with Gasteiger partial charge in [0.1, 0.15) is 0 Å². The van der Waals surface area contributed by atoms with Crippen LogP contribution in [0.5, 0.6) is 0 Å². The molecule has 2 aromatic heterocycles. The minimum Gasteiger partial charge on any atom is -0.381 e. The lowest BCUT2D eigenvalue weighted by Gasteiger charge is -2.20. The molecule has 1 aliphatic heterocycles. The second-order valence-electron chi connectivity index (χ2n) is 5.30. The van der Waals surface area contributed by atoms with Crippen molar-refractivity contribution in [3.8, 4) is 0 Å². The van der Waals surface area contributed by atoms with Crippen LogP contribution in [0.15, 0.2) is 19.9 Å². The number of rotatable bonds is 3. The molecular weight excluding hydrogens is 290 g/mol. The average Bonchev–Trinajstić information content (AvgIpc) is 3.04. The number of hydrogen-bond donors (Lipinski definition) is 1. The largest absolute Gasteiger partial charge is 0.381 e. The molecule has 1 saturated heterocycles. The molecule has 0 spiro atoms. The summed E-state index contributed by atoms with van der Waals surface area (Å²) in [7, 11) is 1.43. The number of amides is 1. The third kappa shape index (κ3) is 2.69. The van der Waals surface area contributed by atoms with Crippen molar-refractivity contribution in [3.05, 3.63) is 33.4 Å². The second kappa shape index (κ2) is 5.80. The van der Waals surface area contributed by atoms with E-state index in [4.69, 9.17) is 13.8 Å². The van der Waals surface area contributed by atoms with Crippen molar-refractivity contribution in [1.82, 2.24) is 9.90 Å². The molecule has 1 fully saturated rings. The Morgan fingerprint density at radius 3 is 2.77 bits per heavy atom. The molecular formula is C14H17N3O5. The van der Waals surface area contributed by atoms with E-state index in [2.05, 4.69) is 10.5 Å². The fourth-order valence-corrected chi connectivity index (χ4v) is 2.51. The van der Waals surface area contributed by atoms with E-state index in [1.165, 1.54) is 7.05 Å². The maximum absolute atomic E-state index is 12.1. The van der Waals surface area contributed by atoms with Crippen molar-refractivity contribution in [2.75, 3.05) is 18.5 Å². The Labute approximate surface area is 126 Å². The first-order valence-corrected chi connectivity index (χ1v) is 7.09. The van der Waals surface area contributed by atoms with Gasteiger partial charge in [-0.2, -0.15) is 4.74 Å². The van der Waals surface area contributed by atoms with Gasteiger partial charge < -0.3 is 13.8 Å². The van der Waals surface area contributed by atoms with Crippen molar-refractivity contribution < 1.29 is 18.6 Å². The molecule has 0 saturated carbocycles. The third-order valence-electron chi connectivity index (χ3n) is 3.82. The molecule has 0 aliphatic carbocycles. The van der Waals surface area contributed by atoms with E-state index in [0.717, 1.165) is 34.9 Å². The predicted molar refractivity (Wildman–Crippen MR) is 75.9 cm³/mol. The van der Waals surface area contributed by atoms with Crippen LogP contribution in [-0.2, 0) is 11.8 Å². The normalized spacial score (nSPS) is 15.9. The summed E-state index contributed by atoms with van der Waals surface area (Å²) in [5.41, 5.74) is 1.24. The Morgan fingerprint density at radius 1 is 1.41 bits per heavy atom. The zero-order chi connectivity index (χ0) is 15.7. The lowest BCUT2D eigenvalue weighted by atomic mass is 9.94. The Hall–Kier alpha value is -2.35. The van der Waals surface area contributed by atoms with Gasteiger partial charge in [0.05, 0.1) is 11.8 Å². The van der Waals surface area contributed by atoms with E-state index in [1.807, 2.05) is 6.92 Å². The van der Waals surface area contributed by atoms with Crippen LogP contribution < -0.4 is 10.9 Å². The van der Waals surface area contributed by atoms with Gasteiger partial charge in [0, 0.05) is 31.7 Å². The molecule has 1 amide bonds. The number of ether oxygens (including phenoxy) is 1. The summed E-state index contributed by atoms with van der Waals surface area (Å²) < 4.78 is 16.6. The number of carbonyl (C=O) groups excluding carboxylic acids is 1. The van der Waals surface area contributed by atoms with Gasteiger partial charge >= 0.3 is 0 Å². The van der Waals surface area contributed by atoms with Gasteiger partial charge in [-0.3, -0.25) is 14.9 Å². The highest BCUT2D eigenvalue weighted by Gasteiger charge is 2.25. The number of carbonyl (C=O) groups is 1. The second-order valence-corrected chi connectivity index (χ2v) is 5.30. The van der Waals surface area contributed by atoms with Crippen LogP contribution in [0.25, 0.3) is 0 Å². The molecule has 1 N–H and O–H groups in total. The third-order valence-corrected chi connectivity index (χ3v) is 3.82. The quantitative estimate of drug-likeness (QED) is 0.920. The number of hydrogen-bond acceptors (Lipinski definition) is 6. The van der Waals surface area contributed by atoms with Gasteiger partial charge in [-0.05, 0) is 19.8 Å². The summed E-state index contributed by atoms with van der Waals surface area (Å²) in [5, 5.41) is 6.65. The number of nitrogens with one attached hydrogen (secondary N) is 1. The standard InChI is InChI=1S/C14H17N3O5/c1-8-12(9-3-5-20-6-4-9)16-21-14(8)15-13(19)10-7-11(18)17(2)22-10/h7,9H,3-6H2,1-2H3,(H,15,19). The highest BCUT2D eigenvalue weighted by atomic mass is 16.5. The fourth-order valence-electron chi connectivity index (χ4n) is 2.51. The predicted octanol–water partition coefficient (Wildman–Crippen LogP) is 1.42. The maximum atomic E-state index is 12.1. The van der Waals surface area contributed by atoms with Crippen LogP contribution in [0.2, 0.25) is 0 Å². The van der Waals surface area contributed by atoms with E-state index >= 15 is 0 Å². The molecule has 1 aliphatic rings. The topological polar surface area (TPSA) is 99.5 Å². The number of aryl methyl sites for hydroxylation is 1. The minimum atomic E-state index is -0.546. The summed E-state index contributed by atoms with van der Waals surface area (Å²) in [6.07, 6.45) is 1.77. The summed E-state index contributed by atoms with van der Waals surface area (Å²) in [4.78, 5) is 23.4. The van der Waals surface area contributed by atoms with Crippen LogP contribution >= 0.6 is 0 Å². The number of nitrogens with zero attached hydrogens (tertiary/aromatic N) is 2. The van der Waals surface area contributed by atoms with Crippen molar-refractivity contribution in [2.24, 2.45) is 7.05 Å². The molecule has 0 atom stereocenters. The highest BCUT2D eigenvalue weighted by Crippen LogP contribution is 2.31. The first-order valence-electron chi connectivity index (χ1n) is 7.09. The molecule has 2 aromatic rings. The summed E-state index contributed by atoms with van der Waals surface area (Å²) in [6, 6.07) is 1.13. The lowest BCUT2D eigenvalue weighted by molar-refractivity contribution is 0.0837. The molecule has 0 aromatic carbocycles. The first-order chi connectivity index (χ1) is 10.6.